The van der Waals surface area contributed by atoms with Gasteiger partial charge in [-0.3, -0.25) is 0 Å². The standard InChI is InChI=1S/C13H20N6S/c1-8-16-9(7-20-8)6-15-10-5-11(19-14)18-12(17-10)13(2,3)4/h5,7H,6,14H2,1-4H3,(H2,15,17,18,19). The van der Waals surface area contributed by atoms with E-state index in [9.17, 15) is 0 Å². The fourth-order valence-corrected chi connectivity index (χ4v) is 2.23. The van der Waals surface area contributed by atoms with Gasteiger partial charge < -0.3 is 10.7 Å². The lowest BCUT2D eigenvalue weighted by atomic mass is 9.96. The first-order valence-electron chi connectivity index (χ1n) is 6.39. The molecule has 2 rings (SSSR count). The summed E-state index contributed by atoms with van der Waals surface area (Å²) in [7, 11) is 0. The van der Waals surface area contributed by atoms with Gasteiger partial charge in [0.2, 0.25) is 0 Å². The minimum Gasteiger partial charge on any atom is -0.364 e. The van der Waals surface area contributed by atoms with Gasteiger partial charge in [0.1, 0.15) is 17.5 Å². The summed E-state index contributed by atoms with van der Waals surface area (Å²) in [4.78, 5) is 13.3. The number of hydrogen-bond acceptors (Lipinski definition) is 7. The van der Waals surface area contributed by atoms with Crippen LogP contribution in [-0.4, -0.2) is 15.0 Å². The number of aryl methyl sites for hydroxylation is 1. The van der Waals surface area contributed by atoms with Gasteiger partial charge >= 0.3 is 0 Å². The molecule has 20 heavy (non-hydrogen) atoms. The number of thiazole rings is 1. The number of nitrogens with one attached hydrogen (secondary N) is 2. The van der Waals surface area contributed by atoms with Crippen molar-refractivity contribution in [1.29, 1.82) is 0 Å². The van der Waals surface area contributed by atoms with Gasteiger partial charge in [0.25, 0.3) is 0 Å². The number of nitrogen functional groups attached to an aromatic ring is 1. The van der Waals surface area contributed by atoms with Crippen molar-refractivity contribution < 1.29 is 0 Å². The maximum Gasteiger partial charge on any atom is 0.145 e. The molecule has 0 bridgehead atoms. The molecular weight excluding hydrogens is 272 g/mol. The van der Waals surface area contributed by atoms with Crippen LogP contribution in [0.1, 0.15) is 37.3 Å². The van der Waals surface area contributed by atoms with Gasteiger partial charge in [-0.2, -0.15) is 0 Å². The van der Waals surface area contributed by atoms with E-state index >= 15 is 0 Å². The van der Waals surface area contributed by atoms with Crippen LogP contribution < -0.4 is 16.6 Å². The summed E-state index contributed by atoms with van der Waals surface area (Å²) in [6.45, 7) is 8.82. The van der Waals surface area contributed by atoms with Gasteiger partial charge in [0, 0.05) is 16.9 Å². The smallest absolute Gasteiger partial charge is 0.145 e. The normalized spacial score (nSPS) is 11.4. The zero-order chi connectivity index (χ0) is 14.8. The predicted octanol–water partition coefficient (Wildman–Crippen LogP) is 2.44. The van der Waals surface area contributed by atoms with Crippen molar-refractivity contribution in [3.8, 4) is 0 Å². The molecule has 4 N–H and O–H groups in total. The molecule has 108 valence electrons. The Morgan fingerprint density at radius 2 is 1.90 bits per heavy atom. The van der Waals surface area contributed by atoms with Crippen molar-refractivity contribution in [2.24, 2.45) is 5.84 Å². The van der Waals surface area contributed by atoms with Gasteiger partial charge in [-0.25, -0.2) is 20.8 Å². The number of hydrogen-bond donors (Lipinski definition) is 3. The lowest BCUT2D eigenvalue weighted by Crippen LogP contribution is -2.20. The monoisotopic (exact) mass is 292 g/mol. The quantitative estimate of drug-likeness (QED) is 0.592. The molecule has 0 spiro atoms. The summed E-state index contributed by atoms with van der Waals surface area (Å²) in [5.74, 6) is 7.54. The molecule has 0 unspecified atom stereocenters. The highest BCUT2D eigenvalue weighted by Crippen LogP contribution is 2.22. The molecule has 2 heterocycles. The van der Waals surface area contributed by atoms with Crippen LogP contribution in [-0.2, 0) is 12.0 Å². The number of rotatable bonds is 4. The Hall–Kier alpha value is -1.73. The van der Waals surface area contributed by atoms with Crippen molar-refractivity contribution in [3.63, 3.8) is 0 Å². The van der Waals surface area contributed by atoms with E-state index in [4.69, 9.17) is 5.84 Å². The lowest BCUT2D eigenvalue weighted by Gasteiger charge is -2.18. The minimum absolute atomic E-state index is 0.138. The molecular formula is C13H20N6S. The zero-order valence-corrected chi connectivity index (χ0v) is 13.0. The molecule has 0 aliphatic carbocycles. The van der Waals surface area contributed by atoms with E-state index < -0.39 is 0 Å². The molecule has 0 radical (unpaired) electrons. The first-order chi connectivity index (χ1) is 9.38. The van der Waals surface area contributed by atoms with E-state index in [-0.39, 0.29) is 5.41 Å². The van der Waals surface area contributed by atoms with Crippen LogP contribution in [0, 0.1) is 6.92 Å². The van der Waals surface area contributed by atoms with Crippen molar-refractivity contribution in [2.45, 2.75) is 39.7 Å². The van der Waals surface area contributed by atoms with Gasteiger partial charge in [-0.1, -0.05) is 20.8 Å². The molecule has 0 aromatic carbocycles. The second kappa shape index (κ2) is 5.72. The molecule has 0 saturated carbocycles. The average Bonchev–Trinajstić information content (AvgIpc) is 2.81. The Labute approximate surface area is 122 Å². The van der Waals surface area contributed by atoms with E-state index in [1.54, 1.807) is 17.4 Å². The second-order valence-electron chi connectivity index (χ2n) is 5.57. The third-order valence-electron chi connectivity index (χ3n) is 2.66. The topological polar surface area (TPSA) is 88.8 Å². The summed E-state index contributed by atoms with van der Waals surface area (Å²) in [5.41, 5.74) is 3.44. The molecule has 0 amide bonds. The third kappa shape index (κ3) is 3.64. The number of aromatic nitrogens is 3. The molecule has 6 nitrogen and oxygen atoms in total. The predicted molar refractivity (Wildman–Crippen MR) is 82.7 cm³/mol. The highest BCUT2D eigenvalue weighted by molar-refractivity contribution is 7.09. The Morgan fingerprint density at radius 3 is 2.45 bits per heavy atom. The van der Waals surface area contributed by atoms with Crippen LogP contribution in [0.5, 0.6) is 0 Å². The van der Waals surface area contributed by atoms with Crippen LogP contribution in [0.4, 0.5) is 11.6 Å². The maximum atomic E-state index is 5.46. The summed E-state index contributed by atoms with van der Waals surface area (Å²) in [5, 5.41) is 6.36. The van der Waals surface area contributed by atoms with E-state index in [1.165, 1.54) is 0 Å². The van der Waals surface area contributed by atoms with Crippen molar-refractivity contribution in [3.05, 3.63) is 28.0 Å². The molecule has 0 aliphatic rings. The Bertz CT molecular complexity index is 587. The van der Waals surface area contributed by atoms with Gasteiger partial charge in [-0.05, 0) is 6.92 Å². The first-order valence-corrected chi connectivity index (χ1v) is 7.27. The van der Waals surface area contributed by atoms with E-state index in [2.05, 4.69) is 46.5 Å². The van der Waals surface area contributed by atoms with E-state index in [1.807, 2.05) is 12.3 Å². The molecule has 0 saturated heterocycles. The maximum absolute atomic E-state index is 5.46. The average molecular weight is 292 g/mol. The van der Waals surface area contributed by atoms with Crippen LogP contribution in [0.2, 0.25) is 0 Å². The number of anilines is 2. The fourth-order valence-electron chi connectivity index (χ4n) is 1.62. The fraction of sp³-hybridized carbons (Fsp3) is 0.462. The number of nitrogens with zero attached hydrogens (tertiary/aromatic N) is 3. The first kappa shape index (κ1) is 14.7. The summed E-state index contributed by atoms with van der Waals surface area (Å²) in [6, 6.07) is 1.79. The molecule has 0 atom stereocenters. The molecule has 2 aromatic heterocycles. The largest absolute Gasteiger partial charge is 0.364 e. The summed E-state index contributed by atoms with van der Waals surface area (Å²) in [6.07, 6.45) is 0. The van der Waals surface area contributed by atoms with E-state index in [0.29, 0.717) is 12.4 Å². The molecule has 7 heteroatoms. The summed E-state index contributed by atoms with van der Waals surface area (Å²) >= 11 is 1.64. The highest BCUT2D eigenvalue weighted by Gasteiger charge is 2.19. The minimum atomic E-state index is -0.138. The van der Waals surface area contributed by atoms with Crippen molar-refractivity contribution in [2.75, 3.05) is 10.7 Å². The number of hydrazine groups is 1. The lowest BCUT2D eigenvalue weighted by molar-refractivity contribution is 0.546. The molecule has 2 aromatic rings. The van der Waals surface area contributed by atoms with Crippen molar-refractivity contribution >= 4 is 23.0 Å². The van der Waals surface area contributed by atoms with Gasteiger partial charge in [0.05, 0.1) is 17.2 Å². The van der Waals surface area contributed by atoms with Crippen LogP contribution in [0.15, 0.2) is 11.4 Å². The van der Waals surface area contributed by atoms with Gasteiger partial charge in [0.15, 0.2) is 0 Å². The molecule has 0 aliphatic heterocycles. The highest BCUT2D eigenvalue weighted by atomic mass is 32.1. The van der Waals surface area contributed by atoms with Crippen molar-refractivity contribution in [1.82, 2.24) is 15.0 Å². The third-order valence-corrected chi connectivity index (χ3v) is 3.48. The Balaban J connectivity index is 2.18. The SMILES string of the molecule is Cc1nc(CNc2cc(NN)nc(C(C)(C)C)n2)cs1. The van der Waals surface area contributed by atoms with E-state index in [0.717, 1.165) is 22.3 Å². The zero-order valence-electron chi connectivity index (χ0n) is 12.2. The molecule has 0 fully saturated rings. The second-order valence-corrected chi connectivity index (χ2v) is 6.63. The van der Waals surface area contributed by atoms with Crippen LogP contribution in [0.25, 0.3) is 0 Å². The Morgan fingerprint density at radius 1 is 1.20 bits per heavy atom. The van der Waals surface area contributed by atoms with Crippen LogP contribution in [0.3, 0.4) is 0 Å². The Kier molecular flexibility index (Phi) is 4.20. The number of nitrogens with two attached hydrogens (primary N) is 1. The van der Waals surface area contributed by atoms with Crippen LogP contribution >= 0.6 is 11.3 Å². The summed E-state index contributed by atoms with van der Waals surface area (Å²) < 4.78 is 0. The van der Waals surface area contributed by atoms with Gasteiger partial charge in [-0.15, -0.1) is 11.3 Å².